The molecular weight excluding hydrogens is 350 g/mol. The summed E-state index contributed by atoms with van der Waals surface area (Å²) in [5.74, 6) is -0.0777. The maximum atomic E-state index is 12.7. The maximum Gasteiger partial charge on any atom is 0.254 e. The van der Waals surface area contributed by atoms with Crippen LogP contribution < -0.4 is 9.62 Å². The number of hydrogen-bond acceptors (Lipinski definition) is 4. The molecule has 0 unspecified atom stereocenters. The first-order valence-electron chi connectivity index (χ1n) is 8.50. The van der Waals surface area contributed by atoms with Gasteiger partial charge in [-0.05, 0) is 42.8 Å². The van der Waals surface area contributed by atoms with Gasteiger partial charge in [0, 0.05) is 43.1 Å². The Morgan fingerprint density at radius 2 is 1.69 bits per heavy atom. The van der Waals surface area contributed by atoms with Crippen LogP contribution in [0, 0.1) is 6.92 Å². The molecule has 0 atom stereocenters. The Morgan fingerprint density at radius 1 is 1.00 bits per heavy atom. The Balaban J connectivity index is 1.66. The highest BCUT2D eigenvalue weighted by Crippen LogP contribution is 2.19. The van der Waals surface area contributed by atoms with E-state index in [0.29, 0.717) is 24.3 Å². The van der Waals surface area contributed by atoms with Crippen LogP contribution >= 0.6 is 0 Å². The largest absolute Gasteiger partial charge is 0.368 e. The van der Waals surface area contributed by atoms with Crippen LogP contribution in [0.3, 0.4) is 0 Å². The first-order valence-corrected chi connectivity index (χ1v) is 10.4. The van der Waals surface area contributed by atoms with Gasteiger partial charge in [-0.15, -0.1) is 0 Å². The number of carbonyl (C=O) groups excluding carboxylic acids is 1. The fraction of sp³-hybridized carbons (Fsp3) is 0.316. The molecule has 1 fully saturated rings. The summed E-state index contributed by atoms with van der Waals surface area (Å²) in [5, 5.41) is 0. The van der Waals surface area contributed by atoms with Crippen molar-refractivity contribution in [1.29, 1.82) is 0 Å². The van der Waals surface area contributed by atoms with Crippen molar-refractivity contribution in [2.75, 3.05) is 42.1 Å². The van der Waals surface area contributed by atoms with Crippen molar-refractivity contribution in [1.82, 2.24) is 4.90 Å². The number of sulfonamides is 1. The van der Waals surface area contributed by atoms with Gasteiger partial charge >= 0.3 is 0 Å². The first-order chi connectivity index (χ1) is 12.3. The Morgan fingerprint density at radius 3 is 2.35 bits per heavy atom. The van der Waals surface area contributed by atoms with Crippen LogP contribution in [0.25, 0.3) is 0 Å². The molecule has 1 saturated heterocycles. The molecule has 0 bridgehead atoms. The molecule has 26 heavy (non-hydrogen) atoms. The Bertz CT molecular complexity index is 904. The molecule has 6 nitrogen and oxygen atoms in total. The van der Waals surface area contributed by atoms with E-state index in [9.17, 15) is 13.2 Å². The maximum absolute atomic E-state index is 12.7. The van der Waals surface area contributed by atoms with E-state index in [4.69, 9.17) is 0 Å². The number of amides is 1. The normalized spacial score (nSPS) is 15.0. The van der Waals surface area contributed by atoms with Crippen LogP contribution in [-0.2, 0) is 10.0 Å². The molecule has 2 aromatic rings. The van der Waals surface area contributed by atoms with Gasteiger partial charge in [0.15, 0.2) is 0 Å². The second-order valence-electron chi connectivity index (χ2n) is 6.57. The second-order valence-corrected chi connectivity index (χ2v) is 8.32. The SMILES string of the molecule is Cc1cccc(N2CCN(C(=O)c3cccc(NS(C)(=O)=O)c3)CC2)c1. The van der Waals surface area contributed by atoms with Crippen molar-refractivity contribution >= 4 is 27.3 Å². The zero-order chi connectivity index (χ0) is 18.7. The first kappa shape index (κ1) is 18.3. The number of carbonyl (C=O) groups is 1. The lowest BCUT2D eigenvalue weighted by Crippen LogP contribution is -2.48. The van der Waals surface area contributed by atoms with E-state index in [1.807, 2.05) is 11.0 Å². The number of nitrogens with one attached hydrogen (secondary N) is 1. The molecule has 0 aliphatic carbocycles. The summed E-state index contributed by atoms with van der Waals surface area (Å²) in [6.07, 6.45) is 1.09. The molecule has 0 aromatic heterocycles. The van der Waals surface area contributed by atoms with Crippen molar-refractivity contribution in [3.63, 3.8) is 0 Å². The van der Waals surface area contributed by atoms with Gasteiger partial charge in [0.1, 0.15) is 0 Å². The minimum Gasteiger partial charge on any atom is -0.368 e. The van der Waals surface area contributed by atoms with E-state index >= 15 is 0 Å². The van der Waals surface area contributed by atoms with Crippen LogP contribution in [0.2, 0.25) is 0 Å². The molecule has 1 heterocycles. The number of anilines is 2. The minimum absolute atomic E-state index is 0.0777. The summed E-state index contributed by atoms with van der Waals surface area (Å²) < 4.78 is 25.1. The molecule has 1 N–H and O–H groups in total. The Kier molecular flexibility index (Phi) is 5.18. The van der Waals surface area contributed by atoms with Gasteiger partial charge in [-0.3, -0.25) is 9.52 Å². The van der Waals surface area contributed by atoms with Crippen molar-refractivity contribution in [2.24, 2.45) is 0 Å². The highest BCUT2D eigenvalue weighted by atomic mass is 32.2. The predicted molar refractivity (Wildman–Crippen MR) is 104 cm³/mol. The van der Waals surface area contributed by atoms with Crippen molar-refractivity contribution in [2.45, 2.75) is 6.92 Å². The van der Waals surface area contributed by atoms with Crippen LogP contribution in [0.15, 0.2) is 48.5 Å². The van der Waals surface area contributed by atoms with Gasteiger partial charge in [-0.1, -0.05) is 18.2 Å². The third-order valence-corrected chi connectivity index (χ3v) is 4.95. The zero-order valence-electron chi connectivity index (χ0n) is 15.0. The molecule has 7 heteroatoms. The highest BCUT2D eigenvalue weighted by molar-refractivity contribution is 7.92. The van der Waals surface area contributed by atoms with Gasteiger partial charge in [0.25, 0.3) is 5.91 Å². The lowest BCUT2D eigenvalue weighted by Gasteiger charge is -2.36. The molecule has 138 valence electrons. The third-order valence-electron chi connectivity index (χ3n) is 4.35. The number of piperazine rings is 1. The Labute approximate surface area is 154 Å². The topological polar surface area (TPSA) is 69.7 Å². The van der Waals surface area contributed by atoms with Crippen LogP contribution in [0.5, 0.6) is 0 Å². The average molecular weight is 373 g/mol. The molecule has 0 spiro atoms. The number of rotatable bonds is 4. The predicted octanol–water partition coefficient (Wildman–Crippen LogP) is 2.33. The van der Waals surface area contributed by atoms with Gasteiger partial charge in [-0.25, -0.2) is 8.42 Å². The number of hydrogen-bond donors (Lipinski definition) is 1. The number of nitrogens with zero attached hydrogens (tertiary/aromatic N) is 2. The molecule has 1 aliphatic rings. The summed E-state index contributed by atoms with van der Waals surface area (Å²) in [5.41, 5.74) is 3.28. The van der Waals surface area contributed by atoms with E-state index in [1.165, 1.54) is 11.3 Å². The summed E-state index contributed by atoms with van der Waals surface area (Å²) in [4.78, 5) is 16.8. The number of aryl methyl sites for hydroxylation is 1. The van der Waals surface area contributed by atoms with Crippen molar-refractivity contribution in [3.8, 4) is 0 Å². The van der Waals surface area contributed by atoms with E-state index < -0.39 is 10.0 Å². The quantitative estimate of drug-likeness (QED) is 0.893. The zero-order valence-corrected chi connectivity index (χ0v) is 15.8. The molecule has 0 saturated carbocycles. The summed E-state index contributed by atoms with van der Waals surface area (Å²) in [6.45, 7) is 4.89. The van der Waals surface area contributed by atoms with Gasteiger partial charge in [-0.2, -0.15) is 0 Å². The molecule has 1 amide bonds. The minimum atomic E-state index is -3.37. The van der Waals surface area contributed by atoms with Crippen LogP contribution in [0.1, 0.15) is 15.9 Å². The summed E-state index contributed by atoms with van der Waals surface area (Å²) in [7, 11) is -3.37. The van der Waals surface area contributed by atoms with Gasteiger partial charge < -0.3 is 9.80 Å². The monoisotopic (exact) mass is 373 g/mol. The lowest BCUT2D eigenvalue weighted by atomic mass is 10.1. The molecule has 2 aromatic carbocycles. The fourth-order valence-corrected chi connectivity index (χ4v) is 3.66. The van der Waals surface area contributed by atoms with E-state index in [2.05, 4.69) is 34.7 Å². The van der Waals surface area contributed by atoms with Gasteiger partial charge in [0.05, 0.1) is 6.26 Å². The molecule has 3 rings (SSSR count). The summed E-state index contributed by atoms with van der Waals surface area (Å²) in [6, 6.07) is 15.0. The van der Waals surface area contributed by atoms with E-state index in [-0.39, 0.29) is 5.91 Å². The summed E-state index contributed by atoms with van der Waals surface area (Å²) >= 11 is 0. The van der Waals surface area contributed by atoms with Gasteiger partial charge in [0.2, 0.25) is 10.0 Å². The second kappa shape index (κ2) is 7.37. The number of benzene rings is 2. The smallest absolute Gasteiger partial charge is 0.254 e. The Hall–Kier alpha value is -2.54. The highest BCUT2D eigenvalue weighted by Gasteiger charge is 2.22. The lowest BCUT2D eigenvalue weighted by molar-refractivity contribution is 0.0747. The fourth-order valence-electron chi connectivity index (χ4n) is 3.10. The van der Waals surface area contributed by atoms with Crippen LogP contribution in [-0.4, -0.2) is 51.7 Å². The van der Waals surface area contributed by atoms with Crippen molar-refractivity contribution < 1.29 is 13.2 Å². The average Bonchev–Trinajstić information content (AvgIpc) is 2.60. The third kappa shape index (κ3) is 4.54. The molecule has 0 radical (unpaired) electrons. The molecular formula is C19H23N3O3S. The standard InChI is InChI=1S/C19H23N3O3S/c1-15-5-3-8-18(13-15)21-9-11-22(12-10-21)19(23)16-6-4-7-17(14-16)20-26(2,24)25/h3-8,13-14,20H,9-12H2,1-2H3. The van der Waals surface area contributed by atoms with Crippen molar-refractivity contribution in [3.05, 3.63) is 59.7 Å². The molecule has 1 aliphatic heterocycles. The van der Waals surface area contributed by atoms with Crippen LogP contribution in [0.4, 0.5) is 11.4 Å². The van der Waals surface area contributed by atoms with E-state index in [1.54, 1.807) is 24.3 Å². The van der Waals surface area contributed by atoms with E-state index in [0.717, 1.165) is 19.3 Å².